The summed E-state index contributed by atoms with van der Waals surface area (Å²) in [5.74, 6) is 1.39. The lowest BCUT2D eigenvalue weighted by Crippen LogP contribution is -2.14. The fraction of sp³-hybridized carbons (Fsp3) is 0.250. The Morgan fingerprint density at radius 2 is 0.909 bits per heavy atom. The van der Waals surface area contributed by atoms with Gasteiger partial charge in [-0.15, -0.1) is 0 Å². The van der Waals surface area contributed by atoms with Gasteiger partial charge in [-0.1, -0.05) is 78.9 Å². The second-order valence-electron chi connectivity index (χ2n) is 9.46. The van der Waals surface area contributed by atoms with Crippen LogP contribution in [0.4, 0.5) is 17.1 Å². The molecule has 33 heavy (non-hydrogen) atoms. The average molecular weight is 432 g/mol. The number of hydrogen-bond acceptors (Lipinski definition) is 1. The predicted octanol–water partition coefficient (Wildman–Crippen LogP) is 9.21. The molecule has 1 nitrogen and oxygen atoms in total. The fourth-order valence-corrected chi connectivity index (χ4v) is 5.42. The molecule has 1 heteroatoms. The SMILES string of the molecule is Cc1ccccc1N(c1ccc(C2CCC(c3ccccc3)CC2)cc1)c1ccccc1C. The molecule has 1 aliphatic carbocycles. The molecule has 0 atom stereocenters. The molecule has 0 unspecified atom stereocenters. The lowest BCUT2D eigenvalue weighted by atomic mass is 9.76. The van der Waals surface area contributed by atoms with Crippen molar-refractivity contribution in [2.45, 2.75) is 51.4 Å². The number of aryl methyl sites for hydroxylation is 2. The van der Waals surface area contributed by atoms with Gasteiger partial charge in [-0.2, -0.15) is 0 Å². The summed E-state index contributed by atoms with van der Waals surface area (Å²) in [7, 11) is 0. The smallest absolute Gasteiger partial charge is 0.0490 e. The van der Waals surface area contributed by atoms with E-state index in [1.165, 1.54) is 65.0 Å². The third-order valence-corrected chi connectivity index (χ3v) is 7.33. The van der Waals surface area contributed by atoms with Crippen LogP contribution in [0.15, 0.2) is 103 Å². The minimum absolute atomic E-state index is 0.671. The summed E-state index contributed by atoms with van der Waals surface area (Å²) in [6.07, 6.45) is 5.13. The number of para-hydroxylation sites is 2. The van der Waals surface area contributed by atoms with Gasteiger partial charge in [-0.05, 0) is 97.9 Å². The van der Waals surface area contributed by atoms with Crippen LogP contribution in [-0.4, -0.2) is 0 Å². The van der Waals surface area contributed by atoms with Crippen molar-refractivity contribution in [3.05, 3.63) is 125 Å². The highest BCUT2D eigenvalue weighted by molar-refractivity contribution is 5.79. The van der Waals surface area contributed by atoms with Crippen LogP contribution in [0.25, 0.3) is 0 Å². The number of anilines is 3. The van der Waals surface area contributed by atoms with Gasteiger partial charge in [0, 0.05) is 17.1 Å². The van der Waals surface area contributed by atoms with E-state index in [9.17, 15) is 0 Å². The van der Waals surface area contributed by atoms with E-state index < -0.39 is 0 Å². The topological polar surface area (TPSA) is 3.24 Å². The molecule has 0 radical (unpaired) electrons. The van der Waals surface area contributed by atoms with E-state index in [-0.39, 0.29) is 0 Å². The Hall–Kier alpha value is -3.32. The van der Waals surface area contributed by atoms with Gasteiger partial charge in [0.2, 0.25) is 0 Å². The molecule has 4 aromatic rings. The first-order valence-corrected chi connectivity index (χ1v) is 12.3. The number of rotatable bonds is 5. The highest BCUT2D eigenvalue weighted by Gasteiger charge is 2.24. The Bertz CT molecular complexity index is 1140. The van der Waals surface area contributed by atoms with E-state index in [0.717, 1.165) is 5.92 Å². The first kappa shape index (κ1) is 21.5. The summed E-state index contributed by atoms with van der Waals surface area (Å²) in [5.41, 5.74) is 9.26. The summed E-state index contributed by atoms with van der Waals surface area (Å²) < 4.78 is 0. The zero-order valence-corrected chi connectivity index (χ0v) is 19.7. The van der Waals surface area contributed by atoms with E-state index in [0.29, 0.717) is 5.92 Å². The van der Waals surface area contributed by atoms with Crippen molar-refractivity contribution in [1.82, 2.24) is 0 Å². The lowest BCUT2D eigenvalue weighted by molar-refractivity contribution is 0.396. The Balaban J connectivity index is 1.39. The van der Waals surface area contributed by atoms with Crippen molar-refractivity contribution in [2.24, 2.45) is 0 Å². The van der Waals surface area contributed by atoms with Gasteiger partial charge in [-0.25, -0.2) is 0 Å². The minimum atomic E-state index is 0.671. The third-order valence-electron chi connectivity index (χ3n) is 7.33. The average Bonchev–Trinajstić information content (AvgIpc) is 2.87. The Morgan fingerprint density at radius 3 is 1.39 bits per heavy atom. The van der Waals surface area contributed by atoms with Gasteiger partial charge in [-0.3, -0.25) is 0 Å². The van der Waals surface area contributed by atoms with E-state index in [4.69, 9.17) is 0 Å². The second-order valence-corrected chi connectivity index (χ2v) is 9.46. The summed E-state index contributed by atoms with van der Waals surface area (Å²) in [4.78, 5) is 2.40. The fourth-order valence-electron chi connectivity index (χ4n) is 5.42. The Kier molecular flexibility index (Phi) is 6.30. The van der Waals surface area contributed by atoms with Crippen LogP contribution in [0.2, 0.25) is 0 Å². The molecule has 0 aliphatic heterocycles. The molecule has 1 aliphatic rings. The van der Waals surface area contributed by atoms with Gasteiger partial charge < -0.3 is 4.90 Å². The summed E-state index contributed by atoms with van der Waals surface area (Å²) in [5, 5.41) is 0. The van der Waals surface area contributed by atoms with E-state index >= 15 is 0 Å². The van der Waals surface area contributed by atoms with Crippen LogP contribution in [0.3, 0.4) is 0 Å². The summed E-state index contributed by atoms with van der Waals surface area (Å²) >= 11 is 0. The van der Waals surface area contributed by atoms with Crippen LogP contribution in [0, 0.1) is 13.8 Å². The van der Waals surface area contributed by atoms with Crippen LogP contribution in [0.5, 0.6) is 0 Å². The van der Waals surface area contributed by atoms with Crippen LogP contribution in [0.1, 0.15) is 59.8 Å². The molecule has 0 N–H and O–H groups in total. The standard InChI is InChI=1S/C32H33N/c1-24-10-6-8-14-31(24)33(32-15-9-7-11-25(32)2)30-22-20-29(21-23-30)28-18-16-27(17-19-28)26-12-4-3-5-13-26/h3-15,20-23,27-28H,16-19H2,1-2H3. The number of benzene rings is 4. The molecule has 0 spiro atoms. The molecule has 0 saturated heterocycles. The largest absolute Gasteiger partial charge is 0.310 e. The Labute approximate surface area is 198 Å². The molecule has 0 aromatic heterocycles. The van der Waals surface area contributed by atoms with Gasteiger partial charge in [0.25, 0.3) is 0 Å². The maximum Gasteiger partial charge on any atom is 0.0490 e. The van der Waals surface area contributed by atoms with Crippen molar-refractivity contribution in [2.75, 3.05) is 4.90 Å². The zero-order chi connectivity index (χ0) is 22.6. The highest BCUT2D eigenvalue weighted by Crippen LogP contribution is 2.42. The normalized spacial score (nSPS) is 18.1. The number of hydrogen-bond donors (Lipinski definition) is 0. The minimum Gasteiger partial charge on any atom is -0.310 e. The van der Waals surface area contributed by atoms with Gasteiger partial charge in [0.1, 0.15) is 0 Å². The third kappa shape index (κ3) is 4.59. The molecule has 0 amide bonds. The van der Waals surface area contributed by atoms with Gasteiger partial charge in [0.15, 0.2) is 0 Å². The molecular weight excluding hydrogens is 398 g/mol. The quantitative estimate of drug-likeness (QED) is 0.304. The first-order chi connectivity index (χ1) is 16.2. The Morgan fingerprint density at radius 1 is 0.485 bits per heavy atom. The predicted molar refractivity (Wildman–Crippen MR) is 141 cm³/mol. The molecule has 0 bridgehead atoms. The van der Waals surface area contributed by atoms with Gasteiger partial charge >= 0.3 is 0 Å². The molecule has 166 valence electrons. The number of nitrogens with zero attached hydrogens (tertiary/aromatic N) is 1. The van der Waals surface area contributed by atoms with Crippen molar-refractivity contribution < 1.29 is 0 Å². The molecule has 0 heterocycles. The molecule has 4 aromatic carbocycles. The van der Waals surface area contributed by atoms with Crippen molar-refractivity contribution in [3.63, 3.8) is 0 Å². The van der Waals surface area contributed by atoms with Crippen LogP contribution < -0.4 is 4.90 Å². The van der Waals surface area contributed by atoms with Crippen LogP contribution >= 0.6 is 0 Å². The van der Waals surface area contributed by atoms with E-state index in [2.05, 4.69) is 122 Å². The zero-order valence-electron chi connectivity index (χ0n) is 19.7. The highest BCUT2D eigenvalue weighted by atomic mass is 15.1. The summed E-state index contributed by atoms with van der Waals surface area (Å²) in [6.45, 7) is 4.39. The second kappa shape index (κ2) is 9.67. The maximum absolute atomic E-state index is 2.40. The van der Waals surface area contributed by atoms with E-state index in [1.807, 2.05) is 0 Å². The van der Waals surface area contributed by atoms with Gasteiger partial charge in [0.05, 0.1) is 0 Å². The van der Waals surface area contributed by atoms with Crippen LogP contribution in [-0.2, 0) is 0 Å². The molecular formula is C32H33N. The summed E-state index contributed by atoms with van der Waals surface area (Å²) in [6, 6.07) is 37.8. The molecule has 5 rings (SSSR count). The maximum atomic E-state index is 2.40. The monoisotopic (exact) mass is 431 g/mol. The first-order valence-electron chi connectivity index (χ1n) is 12.3. The van der Waals surface area contributed by atoms with Crippen molar-refractivity contribution in [3.8, 4) is 0 Å². The molecule has 1 saturated carbocycles. The van der Waals surface area contributed by atoms with Crippen molar-refractivity contribution >= 4 is 17.1 Å². The molecule has 1 fully saturated rings. The van der Waals surface area contributed by atoms with Crippen molar-refractivity contribution in [1.29, 1.82) is 0 Å². The lowest BCUT2D eigenvalue weighted by Gasteiger charge is -2.31. The van der Waals surface area contributed by atoms with E-state index in [1.54, 1.807) is 0 Å².